The molecular formula is C24H13ClN2O. The lowest BCUT2D eigenvalue weighted by atomic mass is 10.0. The standard InChI is InChI=1S/C24H13ClN2O/c25-18-12-20-19-7-6-15(14-26)10-23(19)28-24(20)21(13-18)22-11-17(8-9-27-22)16-4-2-1-3-5-16/h1-13H. The van der Waals surface area contributed by atoms with Crippen LogP contribution in [0.15, 0.2) is 83.4 Å². The van der Waals surface area contributed by atoms with Gasteiger partial charge in [0, 0.05) is 27.6 Å². The van der Waals surface area contributed by atoms with Crippen molar-refractivity contribution in [3.8, 4) is 28.5 Å². The lowest BCUT2D eigenvalue weighted by molar-refractivity contribution is 0.669. The molecule has 5 rings (SSSR count). The summed E-state index contributed by atoms with van der Waals surface area (Å²) >= 11 is 6.42. The van der Waals surface area contributed by atoms with Gasteiger partial charge in [-0.3, -0.25) is 4.98 Å². The van der Waals surface area contributed by atoms with Gasteiger partial charge in [-0.05, 0) is 53.6 Å². The Kier molecular flexibility index (Phi) is 3.86. The summed E-state index contributed by atoms with van der Waals surface area (Å²) in [6.07, 6.45) is 1.79. The van der Waals surface area contributed by atoms with E-state index in [9.17, 15) is 0 Å². The predicted octanol–water partition coefficient (Wildman–Crippen LogP) is 6.84. The lowest BCUT2D eigenvalue weighted by Crippen LogP contribution is -1.86. The van der Waals surface area contributed by atoms with Gasteiger partial charge in [0.05, 0.1) is 17.3 Å². The topological polar surface area (TPSA) is 49.8 Å². The summed E-state index contributed by atoms with van der Waals surface area (Å²) in [5.41, 5.74) is 5.74. The molecule has 0 saturated heterocycles. The van der Waals surface area contributed by atoms with Crippen molar-refractivity contribution in [3.05, 3.63) is 89.6 Å². The Morgan fingerprint density at radius 1 is 0.857 bits per heavy atom. The van der Waals surface area contributed by atoms with Crippen LogP contribution in [0.3, 0.4) is 0 Å². The molecule has 0 radical (unpaired) electrons. The molecule has 0 spiro atoms. The number of benzene rings is 3. The summed E-state index contributed by atoms with van der Waals surface area (Å²) in [6.45, 7) is 0. The Hall–Kier alpha value is -3.61. The van der Waals surface area contributed by atoms with Gasteiger partial charge in [0.15, 0.2) is 0 Å². The van der Waals surface area contributed by atoms with E-state index in [1.807, 2.05) is 48.5 Å². The molecule has 0 aliphatic heterocycles. The van der Waals surface area contributed by atoms with E-state index in [4.69, 9.17) is 21.3 Å². The first-order chi connectivity index (χ1) is 13.7. The normalized spacial score (nSPS) is 11.0. The molecule has 0 amide bonds. The number of nitrogens with zero attached hydrogens (tertiary/aromatic N) is 2. The van der Waals surface area contributed by atoms with Gasteiger partial charge in [-0.1, -0.05) is 41.9 Å². The third-order valence-electron chi connectivity index (χ3n) is 4.81. The average Bonchev–Trinajstić information content (AvgIpc) is 3.11. The van der Waals surface area contributed by atoms with E-state index in [2.05, 4.69) is 23.2 Å². The Balaban J connectivity index is 1.76. The van der Waals surface area contributed by atoms with E-state index < -0.39 is 0 Å². The molecule has 0 fully saturated rings. The number of furan rings is 1. The molecule has 0 unspecified atom stereocenters. The summed E-state index contributed by atoms with van der Waals surface area (Å²) in [6, 6.07) is 25.5. The number of aromatic nitrogens is 1. The highest BCUT2D eigenvalue weighted by Gasteiger charge is 2.15. The van der Waals surface area contributed by atoms with Gasteiger partial charge in [0.2, 0.25) is 0 Å². The summed E-state index contributed by atoms with van der Waals surface area (Å²) < 4.78 is 6.13. The molecule has 0 aliphatic rings. The first-order valence-corrected chi connectivity index (χ1v) is 9.18. The summed E-state index contributed by atoms with van der Waals surface area (Å²) in [7, 11) is 0. The largest absolute Gasteiger partial charge is 0.455 e. The fourth-order valence-electron chi connectivity index (χ4n) is 3.49. The molecule has 3 aromatic carbocycles. The predicted molar refractivity (Wildman–Crippen MR) is 112 cm³/mol. The molecule has 0 bridgehead atoms. The zero-order valence-electron chi connectivity index (χ0n) is 14.7. The van der Waals surface area contributed by atoms with Crippen LogP contribution >= 0.6 is 11.6 Å². The summed E-state index contributed by atoms with van der Waals surface area (Å²) in [4.78, 5) is 4.56. The van der Waals surface area contributed by atoms with Gasteiger partial charge >= 0.3 is 0 Å². The van der Waals surface area contributed by atoms with Gasteiger partial charge in [0.1, 0.15) is 11.2 Å². The van der Waals surface area contributed by atoms with E-state index >= 15 is 0 Å². The number of hydrogen-bond acceptors (Lipinski definition) is 3. The van der Waals surface area contributed by atoms with E-state index in [0.29, 0.717) is 21.8 Å². The number of hydrogen-bond donors (Lipinski definition) is 0. The van der Waals surface area contributed by atoms with Crippen LogP contribution in [0, 0.1) is 11.3 Å². The number of halogens is 1. The Bertz CT molecular complexity index is 1380. The highest BCUT2D eigenvalue weighted by molar-refractivity contribution is 6.32. The third kappa shape index (κ3) is 2.72. The minimum atomic E-state index is 0.559. The SMILES string of the molecule is N#Cc1ccc2c(c1)oc1c(-c3cc(-c4ccccc4)ccn3)cc(Cl)cc12. The molecule has 2 aromatic heterocycles. The maximum absolute atomic E-state index is 9.16. The van der Waals surface area contributed by atoms with Crippen molar-refractivity contribution in [2.75, 3.05) is 0 Å². The van der Waals surface area contributed by atoms with Gasteiger partial charge in [-0.2, -0.15) is 5.26 Å². The molecule has 4 heteroatoms. The van der Waals surface area contributed by atoms with E-state index in [1.165, 1.54) is 0 Å². The van der Waals surface area contributed by atoms with Gasteiger partial charge in [0.25, 0.3) is 0 Å². The molecule has 0 atom stereocenters. The molecule has 5 aromatic rings. The van der Waals surface area contributed by atoms with Crippen molar-refractivity contribution in [2.45, 2.75) is 0 Å². The molecular weight excluding hydrogens is 368 g/mol. The summed E-state index contributed by atoms with van der Waals surface area (Å²) in [5.74, 6) is 0. The van der Waals surface area contributed by atoms with Crippen molar-refractivity contribution in [3.63, 3.8) is 0 Å². The number of pyridine rings is 1. The van der Waals surface area contributed by atoms with Gasteiger partial charge < -0.3 is 4.42 Å². The maximum atomic E-state index is 9.16. The minimum Gasteiger partial charge on any atom is -0.455 e. The van der Waals surface area contributed by atoms with Crippen molar-refractivity contribution in [2.24, 2.45) is 0 Å². The number of fused-ring (bicyclic) bond motifs is 3. The highest BCUT2D eigenvalue weighted by atomic mass is 35.5. The fourth-order valence-corrected chi connectivity index (χ4v) is 3.71. The molecule has 0 N–H and O–H groups in total. The maximum Gasteiger partial charge on any atom is 0.144 e. The second-order valence-electron chi connectivity index (χ2n) is 6.55. The van der Waals surface area contributed by atoms with Crippen molar-refractivity contribution in [1.82, 2.24) is 4.98 Å². The highest BCUT2D eigenvalue weighted by Crippen LogP contribution is 2.38. The van der Waals surface area contributed by atoms with Crippen molar-refractivity contribution in [1.29, 1.82) is 5.26 Å². The van der Waals surface area contributed by atoms with Crippen LogP contribution in [-0.4, -0.2) is 4.98 Å². The van der Waals surface area contributed by atoms with E-state index in [1.54, 1.807) is 18.3 Å². The number of nitriles is 1. The van der Waals surface area contributed by atoms with Crippen molar-refractivity contribution >= 4 is 33.5 Å². The minimum absolute atomic E-state index is 0.559. The van der Waals surface area contributed by atoms with Crippen LogP contribution < -0.4 is 0 Å². The second kappa shape index (κ2) is 6.53. The molecule has 3 nitrogen and oxygen atoms in total. The Labute approximate surface area is 166 Å². The molecule has 2 heterocycles. The molecule has 0 saturated carbocycles. The van der Waals surface area contributed by atoms with Crippen LogP contribution in [0.4, 0.5) is 0 Å². The fraction of sp³-hybridized carbons (Fsp3) is 0. The van der Waals surface area contributed by atoms with Gasteiger partial charge in [-0.25, -0.2) is 0 Å². The number of rotatable bonds is 2. The quantitative estimate of drug-likeness (QED) is 0.337. The zero-order chi connectivity index (χ0) is 19.1. The second-order valence-corrected chi connectivity index (χ2v) is 6.99. The van der Waals surface area contributed by atoms with Crippen LogP contribution in [-0.2, 0) is 0 Å². The van der Waals surface area contributed by atoms with E-state index in [-0.39, 0.29) is 0 Å². The zero-order valence-corrected chi connectivity index (χ0v) is 15.4. The average molecular weight is 381 g/mol. The molecule has 0 aliphatic carbocycles. The third-order valence-corrected chi connectivity index (χ3v) is 5.03. The molecule has 28 heavy (non-hydrogen) atoms. The van der Waals surface area contributed by atoms with Crippen LogP contribution in [0.5, 0.6) is 0 Å². The van der Waals surface area contributed by atoms with Crippen LogP contribution in [0.2, 0.25) is 5.02 Å². The van der Waals surface area contributed by atoms with Crippen molar-refractivity contribution < 1.29 is 4.42 Å². The monoisotopic (exact) mass is 380 g/mol. The first-order valence-electron chi connectivity index (χ1n) is 8.81. The smallest absolute Gasteiger partial charge is 0.144 e. The first kappa shape index (κ1) is 16.6. The van der Waals surface area contributed by atoms with Crippen LogP contribution in [0.25, 0.3) is 44.3 Å². The Morgan fingerprint density at radius 3 is 2.54 bits per heavy atom. The molecule has 132 valence electrons. The summed E-state index contributed by atoms with van der Waals surface area (Å²) in [5, 5.41) is 11.6. The van der Waals surface area contributed by atoms with Gasteiger partial charge in [-0.15, -0.1) is 0 Å². The lowest BCUT2D eigenvalue weighted by Gasteiger charge is -2.06. The van der Waals surface area contributed by atoms with Crippen LogP contribution in [0.1, 0.15) is 5.56 Å². The Morgan fingerprint density at radius 2 is 1.71 bits per heavy atom. The van der Waals surface area contributed by atoms with E-state index in [0.717, 1.165) is 33.2 Å².